The molecule has 2 aliphatic heterocycles. The molecule has 1 N–H and O–H groups in total. The first-order valence-corrected chi connectivity index (χ1v) is 11.6. The number of benzene rings is 1. The maximum absolute atomic E-state index is 12.9. The molecule has 0 aliphatic carbocycles. The van der Waals surface area contributed by atoms with Gasteiger partial charge in [-0.05, 0) is 54.5 Å². The average molecular weight is 434 g/mol. The molecule has 2 aromatic heterocycles. The first-order chi connectivity index (χ1) is 15.6. The number of nitrogens with zero attached hydrogens (tertiary/aromatic N) is 5. The van der Waals surface area contributed by atoms with E-state index in [-0.39, 0.29) is 17.4 Å². The Morgan fingerprint density at radius 1 is 1.12 bits per heavy atom. The minimum absolute atomic E-state index is 0.0992. The second-order valence-corrected chi connectivity index (χ2v) is 9.44. The molecule has 5 rings (SSSR count). The Bertz CT molecular complexity index is 1060. The van der Waals surface area contributed by atoms with Gasteiger partial charge in [-0.3, -0.25) is 14.7 Å². The summed E-state index contributed by atoms with van der Waals surface area (Å²) in [6, 6.07) is 12.1. The van der Waals surface area contributed by atoms with Crippen molar-refractivity contribution in [3.8, 4) is 0 Å². The molecular weight excluding hydrogens is 402 g/mol. The minimum atomic E-state index is -0.303. The second kappa shape index (κ2) is 9.00. The summed E-state index contributed by atoms with van der Waals surface area (Å²) < 4.78 is 2.06. The number of hydrogen-bond donors (Lipinski definition) is 1. The van der Waals surface area contributed by atoms with Crippen molar-refractivity contribution >= 4 is 16.9 Å². The SMILES string of the molecule is O=C(CCn1cnc2ccccc21)N1CCC2(CC1)CC(O)CN(Cc1ccncc1)C2. The maximum Gasteiger partial charge on any atom is 0.224 e. The lowest BCUT2D eigenvalue weighted by atomic mass is 9.71. The van der Waals surface area contributed by atoms with Crippen LogP contribution in [-0.4, -0.2) is 67.6 Å². The van der Waals surface area contributed by atoms with Crippen LogP contribution in [0.2, 0.25) is 0 Å². The number of aromatic nitrogens is 3. The number of aliphatic hydroxyl groups excluding tert-OH is 1. The van der Waals surface area contributed by atoms with Crippen molar-refractivity contribution in [3.63, 3.8) is 0 Å². The van der Waals surface area contributed by atoms with Crippen molar-refractivity contribution in [2.24, 2.45) is 5.41 Å². The number of amides is 1. The van der Waals surface area contributed by atoms with Gasteiger partial charge in [0.15, 0.2) is 0 Å². The summed E-state index contributed by atoms with van der Waals surface area (Å²) in [4.78, 5) is 25.8. The maximum atomic E-state index is 12.9. The highest BCUT2D eigenvalue weighted by molar-refractivity contribution is 5.77. The zero-order valence-electron chi connectivity index (χ0n) is 18.4. The second-order valence-electron chi connectivity index (χ2n) is 9.44. The number of carbonyl (C=O) groups excluding carboxylic acids is 1. The van der Waals surface area contributed by atoms with Gasteiger partial charge in [0, 0.05) is 58.1 Å². The van der Waals surface area contributed by atoms with Crippen molar-refractivity contribution in [2.75, 3.05) is 26.2 Å². The van der Waals surface area contributed by atoms with E-state index < -0.39 is 0 Å². The number of piperidine rings is 2. The number of carbonyl (C=O) groups is 1. The summed E-state index contributed by atoms with van der Waals surface area (Å²) in [5, 5.41) is 10.6. The number of aryl methyl sites for hydroxylation is 1. The molecule has 0 radical (unpaired) electrons. The monoisotopic (exact) mass is 433 g/mol. The van der Waals surface area contributed by atoms with Crippen molar-refractivity contribution in [3.05, 3.63) is 60.7 Å². The lowest BCUT2D eigenvalue weighted by molar-refractivity contribution is -0.135. The van der Waals surface area contributed by atoms with Crippen molar-refractivity contribution in [2.45, 2.75) is 44.9 Å². The van der Waals surface area contributed by atoms with Crippen LogP contribution in [0, 0.1) is 5.41 Å². The van der Waals surface area contributed by atoms with Crippen LogP contribution in [0.15, 0.2) is 55.1 Å². The molecule has 168 valence electrons. The molecule has 1 unspecified atom stereocenters. The fourth-order valence-corrected chi connectivity index (χ4v) is 5.49. The molecule has 1 aromatic carbocycles. The van der Waals surface area contributed by atoms with Gasteiger partial charge in [-0.15, -0.1) is 0 Å². The highest BCUT2D eigenvalue weighted by atomic mass is 16.3. The highest BCUT2D eigenvalue weighted by Gasteiger charge is 2.42. The van der Waals surface area contributed by atoms with Gasteiger partial charge >= 0.3 is 0 Å². The number of pyridine rings is 1. The van der Waals surface area contributed by atoms with Crippen LogP contribution in [0.3, 0.4) is 0 Å². The van der Waals surface area contributed by atoms with Crippen LogP contribution < -0.4 is 0 Å². The van der Waals surface area contributed by atoms with E-state index in [0.29, 0.717) is 19.5 Å². The number of β-amino-alcohol motifs (C(OH)–C–C–N with tert-alkyl or cyclic N) is 1. The molecule has 7 heteroatoms. The standard InChI is InChI=1S/C25H31N5O2/c31-21-15-25(18-28(17-21)16-20-5-10-26-11-6-20)8-13-29(14-9-25)24(32)7-12-30-19-27-22-3-1-2-4-23(22)30/h1-6,10-11,19,21,31H,7-9,12-18H2. The van der Waals surface area contributed by atoms with Crippen molar-refractivity contribution in [1.82, 2.24) is 24.3 Å². The summed E-state index contributed by atoms with van der Waals surface area (Å²) in [7, 11) is 0. The predicted molar refractivity (Wildman–Crippen MR) is 123 cm³/mol. The summed E-state index contributed by atoms with van der Waals surface area (Å²) in [6.45, 7) is 4.74. The molecule has 4 heterocycles. The van der Waals surface area contributed by atoms with Crippen molar-refractivity contribution < 1.29 is 9.90 Å². The van der Waals surface area contributed by atoms with Gasteiger partial charge in [-0.1, -0.05) is 12.1 Å². The van der Waals surface area contributed by atoms with Crippen LogP contribution in [0.5, 0.6) is 0 Å². The van der Waals surface area contributed by atoms with Crippen LogP contribution in [0.25, 0.3) is 11.0 Å². The van der Waals surface area contributed by atoms with E-state index in [2.05, 4.69) is 19.4 Å². The van der Waals surface area contributed by atoms with E-state index >= 15 is 0 Å². The Morgan fingerprint density at radius 3 is 2.72 bits per heavy atom. The molecule has 1 spiro atoms. The predicted octanol–water partition coefficient (Wildman–Crippen LogP) is 2.70. The van der Waals surface area contributed by atoms with Crippen LogP contribution in [0.4, 0.5) is 0 Å². The first kappa shape index (κ1) is 21.1. The number of imidazole rings is 1. The summed E-state index contributed by atoms with van der Waals surface area (Å²) in [5.41, 5.74) is 3.36. The van der Waals surface area contributed by atoms with E-state index in [1.807, 2.05) is 60.0 Å². The molecule has 2 saturated heterocycles. The molecular formula is C25H31N5O2. The molecule has 32 heavy (non-hydrogen) atoms. The van der Waals surface area contributed by atoms with Gasteiger partial charge in [0.1, 0.15) is 0 Å². The largest absolute Gasteiger partial charge is 0.392 e. The first-order valence-electron chi connectivity index (χ1n) is 11.6. The van der Waals surface area contributed by atoms with Gasteiger partial charge in [0.25, 0.3) is 0 Å². The topological polar surface area (TPSA) is 74.5 Å². The van der Waals surface area contributed by atoms with Gasteiger partial charge in [0.05, 0.1) is 23.5 Å². The van der Waals surface area contributed by atoms with E-state index in [1.54, 1.807) is 0 Å². The van der Waals surface area contributed by atoms with E-state index in [9.17, 15) is 9.90 Å². The van der Waals surface area contributed by atoms with E-state index in [4.69, 9.17) is 0 Å². The Balaban J connectivity index is 1.16. The Labute approximate surface area is 188 Å². The quantitative estimate of drug-likeness (QED) is 0.670. The normalized spacial score (nSPS) is 21.3. The summed E-state index contributed by atoms with van der Waals surface area (Å²) in [5.74, 6) is 0.211. The van der Waals surface area contributed by atoms with E-state index in [1.165, 1.54) is 5.56 Å². The molecule has 2 fully saturated rings. The average Bonchev–Trinajstić information content (AvgIpc) is 3.21. The minimum Gasteiger partial charge on any atom is -0.392 e. The third-order valence-corrected chi connectivity index (χ3v) is 7.12. The fourth-order valence-electron chi connectivity index (χ4n) is 5.49. The van der Waals surface area contributed by atoms with Crippen molar-refractivity contribution in [1.29, 1.82) is 0 Å². The lowest BCUT2D eigenvalue weighted by Gasteiger charge is -2.49. The van der Waals surface area contributed by atoms with Gasteiger partial charge in [-0.25, -0.2) is 4.98 Å². The molecule has 0 saturated carbocycles. The number of likely N-dealkylation sites (tertiary alicyclic amines) is 2. The number of rotatable bonds is 5. The Hall–Kier alpha value is -2.77. The smallest absolute Gasteiger partial charge is 0.224 e. The molecule has 2 aliphatic rings. The molecule has 0 bridgehead atoms. The fraction of sp³-hybridized carbons (Fsp3) is 0.480. The third-order valence-electron chi connectivity index (χ3n) is 7.12. The van der Waals surface area contributed by atoms with E-state index in [0.717, 1.165) is 56.5 Å². The highest BCUT2D eigenvalue weighted by Crippen LogP contribution is 2.40. The Kier molecular flexibility index (Phi) is 5.93. The zero-order valence-corrected chi connectivity index (χ0v) is 18.4. The zero-order chi connectivity index (χ0) is 22.0. The molecule has 1 amide bonds. The summed E-state index contributed by atoms with van der Waals surface area (Å²) >= 11 is 0. The van der Waals surface area contributed by atoms with Crippen LogP contribution in [-0.2, 0) is 17.9 Å². The third kappa shape index (κ3) is 4.54. The summed E-state index contributed by atoms with van der Waals surface area (Å²) in [6.07, 6.45) is 8.40. The Morgan fingerprint density at radius 2 is 1.91 bits per heavy atom. The van der Waals surface area contributed by atoms with Crippen LogP contribution >= 0.6 is 0 Å². The number of aliphatic hydroxyl groups is 1. The lowest BCUT2D eigenvalue weighted by Crippen LogP contribution is -2.54. The van der Waals surface area contributed by atoms with Gasteiger partial charge in [0.2, 0.25) is 5.91 Å². The van der Waals surface area contributed by atoms with Gasteiger partial charge in [-0.2, -0.15) is 0 Å². The molecule has 1 atom stereocenters. The molecule has 3 aromatic rings. The number of hydrogen-bond acceptors (Lipinski definition) is 5. The van der Waals surface area contributed by atoms with Crippen LogP contribution in [0.1, 0.15) is 31.2 Å². The van der Waals surface area contributed by atoms with Gasteiger partial charge < -0.3 is 14.6 Å². The number of para-hydroxylation sites is 2. The number of fused-ring (bicyclic) bond motifs is 1. The molecule has 7 nitrogen and oxygen atoms in total.